The van der Waals surface area contributed by atoms with E-state index in [0.29, 0.717) is 5.92 Å². The van der Waals surface area contributed by atoms with Crippen LogP contribution < -0.4 is 0 Å². The summed E-state index contributed by atoms with van der Waals surface area (Å²) in [5, 5.41) is 2.17. The smallest absolute Gasteiger partial charge is 0.122 e. The van der Waals surface area contributed by atoms with Crippen molar-refractivity contribution >= 4 is 11.3 Å². The standard InChI is InChI=1S/C17H26N4S/c1-3-19(4-2)10-15-11-20(13-16-6-5-9-22-16)14-17-18-7-8-21(17)12-15/h5-9,15H,3-4,10-14H2,1-2H3/t15-/m0/s1. The van der Waals surface area contributed by atoms with E-state index in [0.717, 1.165) is 39.3 Å². The summed E-state index contributed by atoms with van der Waals surface area (Å²) >= 11 is 1.85. The van der Waals surface area contributed by atoms with Crippen LogP contribution >= 0.6 is 11.3 Å². The Morgan fingerprint density at radius 3 is 2.91 bits per heavy atom. The molecule has 0 N–H and O–H groups in total. The first-order chi connectivity index (χ1) is 10.8. The van der Waals surface area contributed by atoms with Crippen molar-refractivity contribution in [2.24, 2.45) is 5.92 Å². The maximum Gasteiger partial charge on any atom is 0.122 e. The van der Waals surface area contributed by atoms with Crippen LogP contribution in [0.5, 0.6) is 0 Å². The van der Waals surface area contributed by atoms with E-state index in [1.807, 2.05) is 17.5 Å². The Kier molecular flexibility index (Phi) is 5.28. The Morgan fingerprint density at radius 1 is 1.32 bits per heavy atom. The monoisotopic (exact) mass is 318 g/mol. The van der Waals surface area contributed by atoms with E-state index in [1.54, 1.807) is 0 Å². The second-order valence-electron chi connectivity index (χ2n) is 6.10. The largest absolute Gasteiger partial charge is 0.333 e. The zero-order chi connectivity index (χ0) is 15.4. The van der Waals surface area contributed by atoms with Crippen molar-refractivity contribution in [1.29, 1.82) is 0 Å². The van der Waals surface area contributed by atoms with Crippen LogP contribution in [0.1, 0.15) is 24.5 Å². The van der Waals surface area contributed by atoms with E-state index in [9.17, 15) is 0 Å². The molecule has 1 aliphatic heterocycles. The van der Waals surface area contributed by atoms with Gasteiger partial charge in [-0.1, -0.05) is 19.9 Å². The number of rotatable bonds is 6. The van der Waals surface area contributed by atoms with E-state index in [1.165, 1.54) is 17.2 Å². The fourth-order valence-corrected chi connectivity index (χ4v) is 4.08. The second-order valence-corrected chi connectivity index (χ2v) is 7.13. The van der Waals surface area contributed by atoms with Gasteiger partial charge in [0, 0.05) is 49.4 Å². The van der Waals surface area contributed by atoms with Gasteiger partial charge in [0.2, 0.25) is 0 Å². The lowest BCUT2D eigenvalue weighted by Crippen LogP contribution is -2.36. The van der Waals surface area contributed by atoms with Gasteiger partial charge in [0.25, 0.3) is 0 Å². The molecule has 3 heterocycles. The topological polar surface area (TPSA) is 24.3 Å². The first-order valence-electron chi connectivity index (χ1n) is 8.25. The lowest BCUT2D eigenvalue weighted by molar-refractivity contribution is 0.175. The number of hydrogen-bond donors (Lipinski definition) is 0. The fraction of sp³-hybridized carbons (Fsp3) is 0.588. The zero-order valence-electron chi connectivity index (χ0n) is 13.6. The van der Waals surface area contributed by atoms with Crippen LogP contribution in [0, 0.1) is 5.92 Å². The van der Waals surface area contributed by atoms with Crippen LogP contribution in [0.3, 0.4) is 0 Å². The van der Waals surface area contributed by atoms with E-state index in [4.69, 9.17) is 0 Å². The van der Waals surface area contributed by atoms with Gasteiger partial charge in [-0.2, -0.15) is 0 Å². The molecule has 1 aliphatic rings. The molecule has 0 spiro atoms. The van der Waals surface area contributed by atoms with Crippen molar-refractivity contribution in [2.45, 2.75) is 33.5 Å². The molecule has 0 unspecified atom stereocenters. The molecule has 0 amide bonds. The summed E-state index contributed by atoms with van der Waals surface area (Å²) in [5.74, 6) is 1.87. The van der Waals surface area contributed by atoms with E-state index in [-0.39, 0.29) is 0 Å². The summed E-state index contributed by atoms with van der Waals surface area (Å²) in [7, 11) is 0. The molecule has 120 valence electrons. The first-order valence-corrected chi connectivity index (χ1v) is 9.13. The highest BCUT2D eigenvalue weighted by molar-refractivity contribution is 7.09. The van der Waals surface area contributed by atoms with Crippen LogP contribution in [0.4, 0.5) is 0 Å². The molecular weight excluding hydrogens is 292 g/mol. The Morgan fingerprint density at radius 2 is 2.18 bits per heavy atom. The van der Waals surface area contributed by atoms with Crippen molar-refractivity contribution < 1.29 is 0 Å². The number of hydrogen-bond acceptors (Lipinski definition) is 4. The van der Waals surface area contributed by atoms with E-state index < -0.39 is 0 Å². The lowest BCUT2D eigenvalue weighted by Gasteiger charge is -2.28. The van der Waals surface area contributed by atoms with Crippen molar-refractivity contribution in [3.8, 4) is 0 Å². The van der Waals surface area contributed by atoms with Crippen LogP contribution in [0.25, 0.3) is 0 Å². The SMILES string of the molecule is CCN(CC)C[C@H]1CN(Cc2cccs2)Cc2nccn2C1. The van der Waals surface area contributed by atoms with Crippen LogP contribution in [0.2, 0.25) is 0 Å². The first kappa shape index (κ1) is 15.7. The number of aromatic nitrogens is 2. The van der Waals surface area contributed by atoms with Crippen molar-refractivity contribution in [3.05, 3.63) is 40.6 Å². The molecular formula is C17H26N4S. The number of nitrogens with zero attached hydrogens (tertiary/aromatic N) is 4. The molecule has 0 fully saturated rings. The normalized spacial score (nSPS) is 19.3. The van der Waals surface area contributed by atoms with Gasteiger partial charge >= 0.3 is 0 Å². The number of imidazole rings is 1. The van der Waals surface area contributed by atoms with Crippen LogP contribution in [-0.2, 0) is 19.6 Å². The molecule has 0 bridgehead atoms. The average Bonchev–Trinajstić information content (AvgIpc) is 3.14. The molecule has 22 heavy (non-hydrogen) atoms. The highest BCUT2D eigenvalue weighted by Gasteiger charge is 2.23. The molecule has 4 nitrogen and oxygen atoms in total. The summed E-state index contributed by atoms with van der Waals surface area (Å²) < 4.78 is 2.35. The maximum absolute atomic E-state index is 4.56. The molecule has 2 aromatic rings. The molecule has 3 rings (SSSR count). The van der Waals surface area contributed by atoms with Gasteiger partial charge in [-0.25, -0.2) is 4.98 Å². The Bertz CT molecular complexity index is 559. The third-order valence-corrected chi connectivity index (χ3v) is 5.37. The van der Waals surface area contributed by atoms with Gasteiger partial charge in [-0.15, -0.1) is 11.3 Å². The van der Waals surface area contributed by atoms with Gasteiger partial charge < -0.3 is 9.47 Å². The predicted octanol–water partition coefficient (Wildman–Crippen LogP) is 2.92. The molecule has 0 saturated carbocycles. The maximum atomic E-state index is 4.56. The minimum atomic E-state index is 0.662. The van der Waals surface area contributed by atoms with Crippen molar-refractivity contribution in [3.63, 3.8) is 0 Å². The molecule has 2 aromatic heterocycles. The van der Waals surface area contributed by atoms with Crippen molar-refractivity contribution in [1.82, 2.24) is 19.4 Å². The Labute approximate surface area is 137 Å². The lowest BCUT2D eigenvalue weighted by atomic mass is 10.1. The minimum absolute atomic E-state index is 0.662. The predicted molar refractivity (Wildman–Crippen MR) is 91.9 cm³/mol. The molecule has 0 saturated heterocycles. The molecule has 0 radical (unpaired) electrons. The second kappa shape index (κ2) is 7.40. The van der Waals surface area contributed by atoms with Gasteiger partial charge in [0.1, 0.15) is 5.82 Å². The zero-order valence-corrected chi connectivity index (χ0v) is 14.4. The number of thiophene rings is 1. The van der Waals surface area contributed by atoms with E-state index >= 15 is 0 Å². The van der Waals surface area contributed by atoms with Crippen LogP contribution in [-0.4, -0.2) is 45.5 Å². The van der Waals surface area contributed by atoms with E-state index in [2.05, 4.69) is 56.9 Å². The fourth-order valence-electron chi connectivity index (χ4n) is 3.33. The summed E-state index contributed by atoms with van der Waals surface area (Å²) in [6.07, 6.45) is 4.08. The van der Waals surface area contributed by atoms with Gasteiger partial charge in [0.15, 0.2) is 0 Å². The highest BCUT2D eigenvalue weighted by atomic mass is 32.1. The quantitative estimate of drug-likeness (QED) is 0.818. The number of fused-ring (bicyclic) bond motifs is 1. The molecule has 1 atom stereocenters. The summed E-state index contributed by atoms with van der Waals surface area (Å²) in [4.78, 5) is 11.1. The third kappa shape index (κ3) is 3.77. The Hall–Kier alpha value is -1.17. The summed E-state index contributed by atoms with van der Waals surface area (Å²) in [5.41, 5.74) is 0. The van der Waals surface area contributed by atoms with Gasteiger partial charge in [-0.3, -0.25) is 4.90 Å². The average molecular weight is 318 g/mol. The Balaban J connectivity index is 1.73. The molecule has 0 aliphatic carbocycles. The van der Waals surface area contributed by atoms with Crippen LogP contribution in [0.15, 0.2) is 29.9 Å². The minimum Gasteiger partial charge on any atom is -0.333 e. The van der Waals surface area contributed by atoms with Crippen molar-refractivity contribution in [2.75, 3.05) is 26.2 Å². The highest BCUT2D eigenvalue weighted by Crippen LogP contribution is 2.20. The molecule has 5 heteroatoms. The summed E-state index contributed by atoms with van der Waals surface area (Å²) in [6, 6.07) is 4.38. The van der Waals surface area contributed by atoms with Gasteiger partial charge in [-0.05, 0) is 24.5 Å². The third-order valence-electron chi connectivity index (χ3n) is 4.51. The summed E-state index contributed by atoms with van der Waals surface area (Å²) in [6.45, 7) is 12.2. The molecule has 0 aromatic carbocycles. The van der Waals surface area contributed by atoms with Gasteiger partial charge in [0.05, 0.1) is 6.54 Å².